The van der Waals surface area contributed by atoms with Crippen molar-refractivity contribution in [2.24, 2.45) is 5.92 Å². The fourth-order valence-corrected chi connectivity index (χ4v) is 2.95. The van der Waals surface area contributed by atoms with Crippen molar-refractivity contribution in [3.8, 4) is 0 Å². The maximum Gasteiger partial charge on any atom is 0.0218 e. The standard InChI is InChI=1S/C9H18BrN/c1-3-5-11-6-4-8(2)9(11)7-10/h8-9H,3-7H2,1-2H3. The molecule has 0 aromatic heterocycles. The summed E-state index contributed by atoms with van der Waals surface area (Å²) in [5.41, 5.74) is 0. The fraction of sp³-hybridized carbons (Fsp3) is 1.00. The van der Waals surface area contributed by atoms with Crippen molar-refractivity contribution in [2.75, 3.05) is 18.4 Å². The zero-order valence-corrected chi connectivity index (χ0v) is 9.10. The fourth-order valence-electron chi connectivity index (χ4n) is 1.90. The Balaban J connectivity index is 2.40. The van der Waals surface area contributed by atoms with Gasteiger partial charge in [0.25, 0.3) is 0 Å². The number of rotatable bonds is 3. The molecular weight excluding hydrogens is 202 g/mol. The Bertz CT molecular complexity index is 114. The van der Waals surface area contributed by atoms with E-state index in [4.69, 9.17) is 0 Å². The average Bonchev–Trinajstić information content (AvgIpc) is 2.33. The molecule has 0 amide bonds. The summed E-state index contributed by atoms with van der Waals surface area (Å²) >= 11 is 3.59. The van der Waals surface area contributed by atoms with Crippen molar-refractivity contribution in [3.63, 3.8) is 0 Å². The lowest BCUT2D eigenvalue weighted by Crippen LogP contribution is -2.33. The highest BCUT2D eigenvalue weighted by Gasteiger charge is 2.28. The second-order valence-corrected chi connectivity index (χ2v) is 4.17. The van der Waals surface area contributed by atoms with Crippen LogP contribution in [0.2, 0.25) is 0 Å². The highest BCUT2D eigenvalue weighted by Crippen LogP contribution is 2.24. The normalized spacial score (nSPS) is 33.0. The zero-order chi connectivity index (χ0) is 8.27. The first-order valence-electron chi connectivity index (χ1n) is 4.59. The van der Waals surface area contributed by atoms with Crippen LogP contribution in [-0.4, -0.2) is 29.4 Å². The number of halogens is 1. The third kappa shape index (κ3) is 2.19. The van der Waals surface area contributed by atoms with E-state index >= 15 is 0 Å². The van der Waals surface area contributed by atoms with E-state index in [0.717, 1.165) is 17.3 Å². The molecule has 66 valence electrons. The first kappa shape index (κ1) is 9.53. The summed E-state index contributed by atoms with van der Waals surface area (Å²) in [5.74, 6) is 0.890. The Kier molecular flexibility index (Phi) is 3.86. The Morgan fingerprint density at radius 1 is 1.55 bits per heavy atom. The highest BCUT2D eigenvalue weighted by molar-refractivity contribution is 9.09. The van der Waals surface area contributed by atoms with Gasteiger partial charge in [0.1, 0.15) is 0 Å². The summed E-state index contributed by atoms with van der Waals surface area (Å²) in [4.78, 5) is 2.61. The molecule has 0 spiro atoms. The molecule has 2 atom stereocenters. The summed E-state index contributed by atoms with van der Waals surface area (Å²) in [7, 11) is 0. The average molecular weight is 220 g/mol. The molecule has 1 saturated heterocycles. The monoisotopic (exact) mass is 219 g/mol. The van der Waals surface area contributed by atoms with Crippen LogP contribution in [-0.2, 0) is 0 Å². The van der Waals surface area contributed by atoms with Gasteiger partial charge in [0.2, 0.25) is 0 Å². The minimum Gasteiger partial charge on any atom is -0.299 e. The molecule has 0 bridgehead atoms. The molecular formula is C9H18BrN. The molecule has 1 aliphatic heterocycles. The maximum absolute atomic E-state index is 3.59. The SMILES string of the molecule is CCCN1CCC(C)C1CBr. The van der Waals surface area contributed by atoms with Crippen LogP contribution in [0.3, 0.4) is 0 Å². The largest absolute Gasteiger partial charge is 0.299 e. The van der Waals surface area contributed by atoms with Crippen LogP contribution in [0.25, 0.3) is 0 Å². The van der Waals surface area contributed by atoms with E-state index in [1.165, 1.54) is 25.9 Å². The van der Waals surface area contributed by atoms with E-state index in [2.05, 4.69) is 34.7 Å². The predicted octanol–water partition coefficient (Wildman–Crippen LogP) is 2.50. The van der Waals surface area contributed by atoms with Crippen molar-refractivity contribution >= 4 is 15.9 Å². The third-order valence-corrected chi connectivity index (χ3v) is 3.33. The predicted molar refractivity (Wildman–Crippen MR) is 53.2 cm³/mol. The van der Waals surface area contributed by atoms with Gasteiger partial charge in [0.05, 0.1) is 0 Å². The molecule has 0 saturated carbocycles. The molecule has 0 aromatic rings. The minimum absolute atomic E-state index is 0.801. The Hall–Kier alpha value is 0.440. The van der Waals surface area contributed by atoms with Gasteiger partial charge >= 0.3 is 0 Å². The van der Waals surface area contributed by atoms with Gasteiger partial charge in [-0.25, -0.2) is 0 Å². The van der Waals surface area contributed by atoms with Crippen molar-refractivity contribution in [3.05, 3.63) is 0 Å². The van der Waals surface area contributed by atoms with Crippen molar-refractivity contribution in [1.29, 1.82) is 0 Å². The Morgan fingerprint density at radius 3 is 2.82 bits per heavy atom. The first-order chi connectivity index (χ1) is 5.29. The van der Waals surface area contributed by atoms with Crippen molar-refractivity contribution in [1.82, 2.24) is 4.90 Å². The van der Waals surface area contributed by atoms with Gasteiger partial charge in [-0.3, -0.25) is 4.90 Å². The topological polar surface area (TPSA) is 3.24 Å². The summed E-state index contributed by atoms with van der Waals surface area (Å²) in [6.07, 6.45) is 2.67. The van der Waals surface area contributed by atoms with Crippen LogP contribution < -0.4 is 0 Å². The Morgan fingerprint density at radius 2 is 2.27 bits per heavy atom. The number of hydrogen-bond acceptors (Lipinski definition) is 1. The number of likely N-dealkylation sites (tertiary alicyclic amines) is 1. The third-order valence-electron chi connectivity index (χ3n) is 2.67. The van der Waals surface area contributed by atoms with Crippen LogP contribution >= 0.6 is 15.9 Å². The number of nitrogens with zero attached hydrogens (tertiary/aromatic N) is 1. The molecule has 0 N–H and O–H groups in total. The zero-order valence-electron chi connectivity index (χ0n) is 7.52. The lowest BCUT2D eigenvalue weighted by Gasteiger charge is -2.24. The van der Waals surface area contributed by atoms with Crippen LogP contribution in [0, 0.1) is 5.92 Å². The quantitative estimate of drug-likeness (QED) is 0.660. The van der Waals surface area contributed by atoms with Gasteiger partial charge in [0.15, 0.2) is 0 Å². The van der Waals surface area contributed by atoms with E-state index in [9.17, 15) is 0 Å². The molecule has 1 fully saturated rings. The smallest absolute Gasteiger partial charge is 0.0218 e. The van der Waals surface area contributed by atoms with E-state index in [1.54, 1.807) is 0 Å². The summed E-state index contributed by atoms with van der Waals surface area (Å²) in [6, 6.07) is 0.801. The lowest BCUT2D eigenvalue weighted by molar-refractivity contribution is 0.253. The number of alkyl halides is 1. The summed E-state index contributed by atoms with van der Waals surface area (Å²) in [5, 5.41) is 1.15. The van der Waals surface area contributed by atoms with Gasteiger partial charge in [-0.2, -0.15) is 0 Å². The van der Waals surface area contributed by atoms with Gasteiger partial charge in [-0.05, 0) is 31.8 Å². The van der Waals surface area contributed by atoms with Crippen LogP contribution in [0.5, 0.6) is 0 Å². The molecule has 1 heterocycles. The van der Waals surface area contributed by atoms with Gasteiger partial charge in [0, 0.05) is 11.4 Å². The second kappa shape index (κ2) is 4.46. The van der Waals surface area contributed by atoms with Gasteiger partial charge in [-0.15, -0.1) is 0 Å². The molecule has 2 unspecified atom stereocenters. The summed E-state index contributed by atoms with van der Waals surface area (Å²) < 4.78 is 0. The summed E-state index contributed by atoms with van der Waals surface area (Å²) in [6.45, 7) is 7.21. The molecule has 2 heteroatoms. The second-order valence-electron chi connectivity index (χ2n) is 3.52. The molecule has 1 rings (SSSR count). The van der Waals surface area contributed by atoms with E-state index in [-0.39, 0.29) is 0 Å². The van der Waals surface area contributed by atoms with Crippen molar-refractivity contribution in [2.45, 2.75) is 32.7 Å². The van der Waals surface area contributed by atoms with E-state index in [1.807, 2.05) is 0 Å². The molecule has 11 heavy (non-hydrogen) atoms. The van der Waals surface area contributed by atoms with Crippen LogP contribution in [0.1, 0.15) is 26.7 Å². The Labute approximate surface area is 78.3 Å². The van der Waals surface area contributed by atoms with Gasteiger partial charge in [-0.1, -0.05) is 29.8 Å². The molecule has 0 aromatic carbocycles. The van der Waals surface area contributed by atoms with E-state index in [0.29, 0.717) is 0 Å². The molecule has 1 aliphatic rings. The number of hydrogen-bond donors (Lipinski definition) is 0. The molecule has 0 aliphatic carbocycles. The first-order valence-corrected chi connectivity index (χ1v) is 5.71. The lowest BCUT2D eigenvalue weighted by atomic mass is 10.1. The molecule has 1 nitrogen and oxygen atoms in total. The highest BCUT2D eigenvalue weighted by atomic mass is 79.9. The van der Waals surface area contributed by atoms with Crippen molar-refractivity contribution < 1.29 is 0 Å². The van der Waals surface area contributed by atoms with Gasteiger partial charge < -0.3 is 0 Å². The minimum atomic E-state index is 0.801. The van der Waals surface area contributed by atoms with Crippen LogP contribution in [0.4, 0.5) is 0 Å². The van der Waals surface area contributed by atoms with E-state index < -0.39 is 0 Å². The molecule has 0 radical (unpaired) electrons. The maximum atomic E-state index is 3.59. The van der Waals surface area contributed by atoms with Crippen LogP contribution in [0.15, 0.2) is 0 Å².